The lowest BCUT2D eigenvalue weighted by Crippen LogP contribution is -2.60. The van der Waals surface area contributed by atoms with Crippen LogP contribution in [0.2, 0.25) is 0 Å². The largest absolute Gasteiger partial charge is 0.375 e. The van der Waals surface area contributed by atoms with Gasteiger partial charge in [0.1, 0.15) is 6.61 Å². The van der Waals surface area contributed by atoms with Gasteiger partial charge in [-0.3, -0.25) is 9.59 Å². The molecule has 6 heteroatoms. The number of piperazine rings is 1. The number of hydrogen-bond acceptors (Lipinski definition) is 4. The molecule has 156 valence electrons. The van der Waals surface area contributed by atoms with Crippen molar-refractivity contribution in [2.75, 3.05) is 53.0 Å². The van der Waals surface area contributed by atoms with E-state index in [0.29, 0.717) is 26.1 Å². The molecule has 0 aliphatic carbocycles. The van der Waals surface area contributed by atoms with Gasteiger partial charge in [0.15, 0.2) is 0 Å². The zero-order valence-corrected chi connectivity index (χ0v) is 18.0. The Bertz CT molecular complexity index is 673. The molecular weight excluding hydrogens is 354 g/mol. The highest BCUT2D eigenvalue weighted by molar-refractivity contribution is 5.81. The van der Waals surface area contributed by atoms with Gasteiger partial charge >= 0.3 is 0 Å². The fourth-order valence-corrected chi connectivity index (χ4v) is 3.75. The molecule has 0 N–H and O–H groups in total. The predicted molar refractivity (Wildman–Crippen MR) is 111 cm³/mol. The van der Waals surface area contributed by atoms with E-state index in [4.69, 9.17) is 4.74 Å². The zero-order valence-electron chi connectivity index (χ0n) is 18.0. The minimum Gasteiger partial charge on any atom is -0.375 e. The lowest BCUT2D eigenvalue weighted by Gasteiger charge is -2.43. The molecule has 0 spiro atoms. The molecule has 1 fully saturated rings. The number of ether oxygens (including phenoxy) is 1. The standard InChI is InChI=1S/C22H35N3O3/c1-6-23(7-2)14-20-15-24(22(27)16-28-5)10-11-25(20)21(26)13-19-9-8-17(3)18(4)12-19/h8-9,12,20H,6-7,10-11,13-16H2,1-5H3/t20-/m1/s1. The van der Waals surface area contributed by atoms with Crippen molar-refractivity contribution in [3.8, 4) is 0 Å². The van der Waals surface area contributed by atoms with Gasteiger partial charge < -0.3 is 19.4 Å². The summed E-state index contributed by atoms with van der Waals surface area (Å²) in [4.78, 5) is 31.5. The van der Waals surface area contributed by atoms with Crippen LogP contribution in [-0.2, 0) is 20.7 Å². The molecule has 6 nitrogen and oxygen atoms in total. The molecule has 2 amide bonds. The molecule has 0 radical (unpaired) electrons. The van der Waals surface area contributed by atoms with Crippen molar-refractivity contribution in [2.45, 2.75) is 40.2 Å². The van der Waals surface area contributed by atoms with Crippen molar-refractivity contribution < 1.29 is 14.3 Å². The van der Waals surface area contributed by atoms with E-state index in [2.05, 4.69) is 44.7 Å². The van der Waals surface area contributed by atoms with Gasteiger partial charge in [-0.1, -0.05) is 32.0 Å². The third-order valence-corrected chi connectivity index (χ3v) is 5.71. The minimum absolute atomic E-state index is 0.00620. The van der Waals surface area contributed by atoms with E-state index in [1.165, 1.54) is 18.2 Å². The third kappa shape index (κ3) is 5.79. The van der Waals surface area contributed by atoms with Crippen molar-refractivity contribution in [1.29, 1.82) is 0 Å². The second-order valence-electron chi connectivity index (χ2n) is 7.59. The molecule has 1 aromatic carbocycles. The van der Waals surface area contributed by atoms with Gasteiger partial charge in [-0.25, -0.2) is 0 Å². The molecule has 0 bridgehead atoms. The lowest BCUT2D eigenvalue weighted by atomic mass is 10.0. The molecule has 28 heavy (non-hydrogen) atoms. The molecule has 1 saturated heterocycles. The summed E-state index contributed by atoms with van der Waals surface area (Å²) in [6.45, 7) is 12.8. The SMILES string of the molecule is CCN(CC)C[C@@H]1CN(C(=O)COC)CCN1C(=O)Cc1ccc(C)c(C)c1. The average molecular weight is 390 g/mol. The van der Waals surface area contributed by atoms with Crippen LogP contribution < -0.4 is 0 Å². The molecule has 2 rings (SSSR count). The van der Waals surface area contributed by atoms with E-state index in [1.54, 1.807) is 0 Å². The number of nitrogens with zero attached hydrogens (tertiary/aromatic N) is 3. The first-order chi connectivity index (χ1) is 13.4. The zero-order chi connectivity index (χ0) is 20.7. The predicted octanol–water partition coefficient (Wildman–Crippen LogP) is 1.87. The smallest absolute Gasteiger partial charge is 0.248 e. The minimum atomic E-state index is -0.00620. The number of rotatable bonds is 8. The summed E-state index contributed by atoms with van der Waals surface area (Å²) in [5, 5.41) is 0. The summed E-state index contributed by atoms with van der Waals surface area (Å²) in [6.07, 6.45) is 0.405. The van der Waals surface area contributed by atoms with Crippen LogP contribution in [0.3, 0.4) is 0 Å². The van der Waals surface area contributed by atoms with Gasteiger partial charge in [-0.15, -0.1) is 0 Å². The molecule has 1 aliphatic heterocycles. The van der Waals surface area contributed by atoms with E-state index in [9.17, 15) is 9.59 Å². The first kappa shape index (κ1) is 22.4. The molecule has 0 aromatic heterocycles. The Hall–Kier alpha value is -1.92. The maximum absolute atomic E-state index is 13.1. The number of carbonyl (C=O) groups is 2. The van der Waals surface area contributed by atoms with Crippen molar-refractivity contribution in [3.63, 3.8) is 0 Å². The van der Waals surface area contributed by atoms with Crippen molar-refractivity contribution in [2.24, 2.45) is 0 Å². The third-order valence-electron chi connectivity index (χ3n) is 5.71. The van der Waals surface area contributed by atoms with Gasteiger partial charge in [0.2, 0.25) is 11.8 Å². The Kier molecular flexibility index (Phi) is 8.45. The van der Waals surface area contributed by atoms with E-state index in [0.717, 1.165) is 25.2 Å². The number of aryl methyl sites for hydroxylation is 2. The quantitative estimate of drug-likeness (QED) is 0.681. The van der Waals surface area contributed by atoms with Crippen LogP contribution in [0.4, 0.5) is 0 Å². The van der Waals surface area contributed by atoms with Crippen LogP contribution >= 0.6 is 0 Å². The Morgan fingerprint density at radius 1 is 1.11 bits per heavy atom. The second kappa shape index (κ2) is 10.6. The summed E-state index contributed by atoms with van der Waals surface area (Å²) in [7, 11) is 1.54. The van der Waals surface area contributed by atoms with Crippen molar-refractivity contribution >= 4 is 11.8 Å². The molecular formula is C22H35N3O3. The van der Waals surface area contributed by atoms with Crippen molar-refractivity contribution in [1.82, 2.24) is 14.7 Å². The molecule has 0 saturated carbocycles. The Balaban J connectivity index is 2.12. The van der Waals surface area contributed by atoms with Crippen molar-refractivity contribution in [3.05, 3.63) is 34.9 Å². The van der Waals surface area contributed by atoms with E-state index < -0.39 is 0 Å². The number of likely N-dealkylation sites (N-methyl/N-ethyl adjacent to an activating group) is 1. The van der Waals surface area contributed by atoms with Gasteiger partial charge in [0, 0.05) is 33.3 Å². The van der Waals surface area contributed by atoms with Gasteiger partial charge in [-0.05, 0) is 43.6 Å². The summed E-state index contributed by atoms with van der Waals surface area (Å²) in [5.41, 5.74) is 3.49. The first-order valence-corrected chi connectivity index (χ1v) is 10.2. The van der Waals surface area contributed by atoms with Crippen LogP contribution in [0.15, 0.2) is 18.2 Å². The fraction of sp³-hybridized carbons (Fsp3) is 0.636. The molecule has 1 aromatic rings. The number of carbonyl (C=O) groups excluding carboxylic acids is 2. The highest BCUT2D eigenvalue weighted by Crippen LogP contribution is 2.16. The molecule has 1 aliphatic rings. The number of methoxy groups -OCH3 is 1. The number of hydrogen-bond donors (Lipinski definition) is 0. The number of amides is 2. The highest BCUT2D eigenvalue weighted by atomic mass is 16.5. The lowest BCUT2D eigenvalue weighted by molar-refractivity contribution is -0.145. The van der Waals surface area contributed by atoms with Gasteiger partial charge in [-0.2, -0.15) is 0 Å². The molecule has 1 atom stereocenters. The monoisotopic (exact) mass is 389 g/mol. The Labute approximate surface area is 169 Å². The topological polar surface area (TPSA) is 53.1 Å². The first-order valence-electron chi connectivity index (χ1n) is 10.2. The molecule has 0 unspecified atom stereocenters. The van der Waals surface area contributed by atoms with Crippen LogP contribution in [0, 0.1) is 13.8 Å². The van der Waals surface area contributed by atoms with Crippen LogP contribution in [0.1, 0.15) is 30.5 Å². The average Bonchev–Trinajstić information content (AvgIpc) is 2.68. The second-order valence-corrected chi connectivity index (χ2v) is 7.59. The maximum atomic E-state index is 13.1. The summed E-state index contributed by atoms with van der Waals surface area (Å²) >= 11 is 0. The van der Waals surface area contributed by atoms with Gasteiger partial charge in [0.25, 0.3) is 0 Å². The van der Waals surface area contributed by atoms with E-state index in [-0.39, 0.29) is 24.5 Å². The summed E-state index contributed by atoms with van der Waals surface area (Å²) in [5.74, 6) is 0.132. The van der Waals surface area contributed by atoms with Crippen LogP contribution in [0.5, 0.6) is 0 Å². The van der Waals surface area contributed by atoms with Gasteiger partial charge in [0.05, 0.1) is 12.5 Å². The summed E-state index contributed by atoms with van der Waals surface area (Å²) < 4.78 is 5.01. The Morgan fingerprint density at radius 3 is 2.43 bits per heavy atom. The maximum Gasteiger partial charge on any atom is 0.248 e. The number of benzene rings is 1. The normalized spacial score (nSPS) is 17.3. The molecule has 1 heterocycles. The van der Waals surface area contributed by atoms with Crippen LogP contribution in [-0.4, -0.2) is 85.5 Å². The van der Waals surface area contributed by atoms with E-state index in [1.807, 2.05) is 15.9 Å². The van der Waals surface area contributed by atoms with Crippen LogP contribution in [0.25, 0.3) is 0 Å². The Morgan fingerprint density at radius 2 is 1.82 bits per heavy atom. The summed E-state index contributed by atoms with van der Waals surface area (Å²) in [6, 6.07) is 6.23. The fourth-order valence-electron chi connectivity index (χ4n) is 3.75. The van der Waals surface area contributed by atoms with E-state index >= 15 is 0 Å². The highest BCUT2D eigenvalue weighted by Gasteiger charge is 2.33.